The molecule has 0 aliphatic carbocycles. The van der Waals surface area contributed by atoms with Crippen LogP contribution in [0.1, 0.15) is 13.3 Å². The number of nitrogens with one attached hydrogen (secondary N) is 2. The number of amides is 1. The molecule has 0 fully saturated rings. The third kappa shape index (κ3) is 5.33. The van der Waals surface area contributed by atoms with Gasteiger partial charge in [-0.15, -0.1) is 0 Å². The minimum atomic E-state index is -0.454. The molecule has 1 amide bonds. The van der Waals surface area contributed by atoms with E-state index in [9.17, 15) is 9.90 Å². The number of aliphatic hydroxyl groups is 1. The zero-order valence-electron chi connectivity index (χ0n) is 9.94. The Bertz CT molecular complexity index is 369. The molecule has 5 N–H and O–H groups in total. The Kier molecular flexibility index (Phi) is 5.45. The van der Waals surface area contributed by atoms with E-state index in [1.165, 1.54) is 6.92 Å². The van der Waals surface area contributed by atoms with E-state index in [-0.39, 0.29) is 5.91 Å². The summed E-state index contributed by atoms with van der Waals surface area (Å²) in [6, 6.07) is 7.34. The summed E-state index contributed by atoms with van der Waals surface area (Å²) >= 11 is 0. The van der Waals surface area contributed by atoms with Gasteiger partial charge in [0.1, 0.15) is 0 Å². The summed E-state index contributed by atoms with van der Waals surface area (Å²) in [6.45, 7) is 2.38. The van der Waals surface area contributed by atoms with Gasteiger partial charge in [-0.25, -0.2) is 0 Å². The van der Waals surface area contributed by atoms with Crippen LogP contribution in [0.5, 0.6) is 0 Å². The molecule has 1 unspecified atom stereocenters. The van der Waals surface area contributed by atoms with Gasteiger partial charge in [-0.3, -0.25) is 4.79 Å². The number of aliphatic hydroxyl groups excluding tert-OH is 1. The average Bonchev–Trinajstić information content (AvgIpc) is 2.26. The molecule has 0 saturated heterocycles. The van der Waals surface area contributed by atoms with Crippen molar-refractivity contribution in [1.82, 2.24) is 0 Å². The first-order valence-corrected chi connectivity index (χ1v) is 5.61. The fourth-order valence-electron chi connectivity index (χ4n) is 1.44. The standard InChI is InChI=1S/C12H19N3O2/c1-9(16)15-11-4-2-3-10(7-11)14-8-12(17)5-6-13/h2-4,7,12,14,17H,5-6,8,13H2,1H3,(H,15,16). The van der Waals surface area contributed by atoms with Crippen molar-refractivity contribution in [2.45, 2.75) is 19.4 Å². The topological polar surface area (TPSA) is 87.4 Å². The summed E-state index contributed by atoms with van der Waals surface area (Å²) < 4.78 is 0. The van der Waals surface area contributed by atoms with Crippen LogP contribution in [0, 0.1) is 0 Å². The Balaban J connectivity index is 2.50. The zero-order valence-corrected chi connectivity index (χ0v) is 9.94. The fraction of sp³-hybridized carbons (Fsp3) is 0.417. The van der Waals surface area contributed by atoms with E-state index < -0.39 is 6.10 Å². The van der Waals surface area contributed by atoms with E-state index in [4.69, 9.17) is 5.73 Å². The maximum Gasteiger partial charge on any atom is 0.221 e. The minimum absolute atomic E-state index is 0.106. The van der Waals surface area contributed by atoms with Crippen LogP contribution in [0.15, 0.2) is 24.3 Å². The van der Waals surface area contributed by atoms with E-state index in [0.29, 0.717) is 19.5 Å². The van der Waals surface area contributed by atoms with Crippen LogP contribution in [0.4, 0.5) is 11.4 Å². The van der Waals surface area contributed by atoms with Gasteiger partial charge in [0.25, 0.3) is 0 Å². The Morgan fingerprint density at radius 3 is 2.82 bits per heavy atom. The Labute approximate surface area is 101 Å². The molecule has 5 heteroatoms. The smallest absolute Gasteiger partial charge is 0.221 e. The molecule has 0 heterocycles. The van der Waals surface area contributed by atoms with E-state index in [1.54, 1.807) is 0 Å². The summed E-state index contributed by atoms with van der Waals surface area (Å²) in [4.78, 5) is 10.9. The van der Waals surface area contributed by atoms with Crippen LogP contribution in [0.25, 0.3) is 0 Å². The van der Waals surface area contributed by atoms with E-state index in [2.05, 4.69) is 10.6 Å². The van der Waals surface area contributed by atoms with E-state index in [0.717, 1.165) is 11.4 Å². The van der Waals surface area contributed by atoms with Crippen LogP contribution < -0.4 is 16.4 Å². The molecule has 0 aliphatic rings. The van der Waals surface area contributed by atoms with Crippen LogP contribution in [-0.4, -0.2) is 30.2 Å². The van der Waals surface area contributed by atoms with E-state index >= 15 is 0 Å². The number of nitrogens with two attached hydrogens (primary N) is 1. The number of anilines is 2. The van der Waals surface area contributed by atoms with Crippen LogP contribution in [0.3, 0.4) is 0 Å². The van der Waals surface area contributed by atoms with Gasteiger partial charge in [-0.1, -0.05) is 6.07 Å². The average molecular weight is 237 g/mol. The van der Waals surface area contributed by atoms with Crippen LogP contribution in [0.2, 0.25) is 0 Å². The zero-order chi connectivity index (χ0) is 12.7. The van der Waals surface area contributed by atoms with Gasteiger partial charge in [0.15, 0.2) is 0 Å². The van der Waals surface area contributed by atoms with Crippen molar-refractivity contribution in [2.75, 3.05) is 23.7 Å². The predicted octanol–water partition coefficient (Wildman–Crippen LogP) is 0.767. The highest BCUT2D eigenvalue weighted by molar-refractivity contribution is 5.89. The van der Waals surface area contributed by atoms with E-state index in [1.807, 2.05) is 24.3 Å². The van der Waals surface area contributed by atoms with Crippen molar-refractivity contribution < 1.29 is 9.90 Å². The summed E-state index contributed by atoms with van der Waals surface area (Å²) in [5, 5.41) is 15.3. The molecule has 0 radical (unpaired) electrons. The normalized spacial score (nSPS) is 11.9. The lowest BCUT2D eigenvalue weighted by Crippen LogP contribution is -2.22. The molecule has 94 valence electrons. The molecule has 0 aromatic heterocycles. The SMILES string of the molecule is CC(=O)Nc1cccc(NCC(O)CCN)c1. The summed E-state index contributed by atoms with van der Waals surface area (Å²) in [7, 11) is 0. The maximum absolute atomic E-state index is 10.9. The molecule has 0 spiro atoms. The van der Waals surface area contributed by atoms with Gasteiger partial charge in [-0.2, -0.15) is 0 Å². The van der Waals surface area contributed by atoms with Gasteiger partial charge in [-0.05, 0) is 31.2 Å². The molecule has 5 nitrogen and oxygen atoms in total. The molecule has 1 aromatic rings. The maximum atomic E-state index is 10.9. The number of carbonyl (C=O) groups is 1. The highest BCUT2D eigenvalue weighted by Crippen LogP contribution is 2.14. The van der Waals surface area contributed by atoms with Crippen molar-refractivity contribution in [1.29, 1.82) is 0 Å². The minimum Gasteiger partial charge on any atom is -0.391 e. The number of benzene rings is 1. The summed E-state index contributed by atoms with van der Waals surface area (Å²) in [5.74, 6) is -0.106. The van der Waals surface area contributed by atoms with Crippen LogP contribution in [-0.2, 0) is 4.79 Å². The molecule has 0 saturated carbocycles. The molecule has 0 aliphatic heterocycles. The lowest BCUT2D eigenvalue weighted by molar-refractivity contribution is -0.114. The summed E-state index contributed by atoms with van der Waals surface area (Å²) in [6.07, 6.45) is 0.114. The lowest BCUT2D eigenvalue weighted by Gasteiger charge is -2.12. The highest BCUT2D eigenvalue weighted by Gasteiger charge is 2.03. The fourth-order valence-corrected chi connectivity index (χ4v) is 1.44. The predicted molar refractivity (Wildman–Crippen MR) is 68.9 cm³/mol. The van der Waals surface area contributed by atoms with Crippen molar-refractivity contribution in [3.63, 3.8) is 0 Å². The molecule has 0 bridgehead atoms. The third-order valence-corrected chi connectivity index (χ3v) is 2.22. The van der Waals surface area contributed by atoms with Crippen molar-refractivity contribution >= 4 is 17.3 Å². The first-order chi connectivity index (χ1) is 8.11. The van der Waals surface area contributed by atoms with Gasteiger partial charge in [0.05, 0.1) is 6.10 Å². The number of carbonyl (C=O) groups excluding carboxylic acids is 1. The number of rotatable bonds is 6. The Morgan fingerprint density at radius 2 is 2.18 bits per heavy atom. The Morgan fingerprint density at radius 1 is 1.47 bits per heavy atom. The van der Waals surface area contributed by atoms with Crippen molar-refractivity contribution in [2.24, 2.45) is 5.73 Å². The largest absolute Gasteiger partial charge is 0.391 e. The molecular formula is C12H19N3O2. The Hall–Kier alpha value is -1.59. The molecule has 17 heavy (non-hydrogen) atoms. The van der Waals surface area contributed by atoms with Crippen molar-refractivity contribution in [3.8, 4) is 0 Å². The monoisotopic (exact) mass is 237 g/mol. The third-order valence-electron chi connectivity index (χ3n) is 2.22. The number of hydrogen-bond donors (Lipinski definition) is 4. The second kappa shape index (κ2) is 6.88. The summed E-state index contributed by atoms with van der Waals surface area (Å²) in [5.41, 5.74) is 6.93. The second-order valence-corrected chi connectivity index (χ2v) is 3.87. The molecule has 1 atom stereocenters. The number of hydrogen-bond acceptors (Lipinski definition) is 4. The van der Waals surface area contributed by atoms with Crippen molar-refractivity contribution in [3.05, 3.63) is 24.3 Å². The van der Waals surface area contributed by atoms with Crippen LogP contribution >= 0.6 is 0 Å². The quantitative estimate of drug-likeness (QED) is 0.588. The highest BCUT2D eigenvalue weighted by atomic mass is 16.3. The molecular weight excluding hydrogens is 218 g/mol. The molecule has 1 aromatic carbocycles. The first kappa shape index (κ1) is 13.5. The van der Waals surface area contributed by atoms with Gasteiger partial charge in [0, 0.05) is 24.8 Å². The molecule has 1 rings (SSSR count). The second-order valence-electron chi connectivity index (χ2n) is 3.87. The first-order valence-electron chi connectivity index (χ1n) is 5.61. The van der Waals surface area contributed by atoms with Gasteiger partial charge in [0.2, 0.25) is 5.91 Å². The lowest BCUT2D eigenvalue weighted by atomic mass is 10.2. The van der Waals surface area contributed by atoms with Gasteiger partial charge < -0.3 is 21.5 Å². The van der Waals surface area contributed by atoms with Gasteiger partial charge >= 0.3 is 0 Å².